The highest BCUT2D eigenvalue weighted by Crippen LogP contribution is 2.19. The summed E-state index contributed by atoms with van der Waals surface area (Å²) in [7, 11) is 0. The van der Waals surface area contributed by atoms with Crippen molar-refractivity contribution in [2.75, 3.05) is 38.0 Å². The second-order valence-electron chi connectivity index (χ2n) is 8.94. The highest BCUT2D eigenvalue weighted by molar-refractivity contribution is 5.93. The smallest absolute Gasteiger partial charge is 0.261 e. The number of amides is 2. The third-order valence-electron chi connectivity index (χ3n) is 6.46. The molecule has 1 N–H and O–H groups in total. The molecular formula is C26H31N5O3. The van der Waals surface area contributed by atoms with Crippen LogP contribution in [0.2, 0.25) is 0 Å². The second-order valence-corrected chi connectivity index (χ2v) is 8.94. The molecule has 0 atom stereocenters. The molecule has 2 heterocycles. The van der Waals surface area contributed by atoms with Crippen LogP contribution in [0.25, 0.3) is 10.9 Å². The fraction of sp³-hybridized carbons (Fsp3) is 0.385. The van der Waals surface area contributed by atoms with E-state index >= 15 is 0 Å². The van der Waals surface area contributed by atoms with Crippen LogP contribution in [0, 0.1) is 20.8 Å². The minimum atomic E-state index is -0.124. The van der Waals surface area contributed by atoms with E-state index in [1.54, 1.807) is 6.07 Å². The van der Waals surface area contributed by atoms with Crippen molar-refractivity contribution in [3.8, 4) is 0 Å². The molecule has 1 fully saturated rings. The van der Waals surface area contributed by atoms with Gasteiger partial charge in [-0.1, -0.05) is 30.3 Å². The van der Waals surface area contributed by atoms with E-state index in [9.17, 15) is 14.4 Å². The number of hydrogen-bond acceptors (Lipinski definition) is 5. The number of piperazine rings is 1. The molecule has 2 amide bonds. The SMILES string of the molecule is Cc1cccc(C)c1NC(=O)CN1CCN(C(=O)CCn2cnc3c(C)cccc3c2=O)CC1. The van der Waals surface area contributed by atoms with E-state index in [1.807, 2.05) is 56.0 Å². The van der Waals surface area contributed by atoms with Gasteiger partial charge in [-0.3, -0.25) is 23.9 Å². The molecular weight excluding hydrogens is 430 g/mol. The Kier molecular flexibility index (Phi) is 7.07. The normalized spacial score (nSPS) is 14.4. The van der Waals surface area contributed by atoms with E-state index in [4.69, 9.17) is 0 Å². The average Bonchev–Trinajstić information content (AvgIpc) is 2.82. The van der Waals surface area contributed by atoms with Crippen LogP contribution >= 0.6 is 0 Å². The zero-order valence-corrected chi connectivity index (χ0v) is 20.0. The maximum Gasteiger partial charge on any atom is 0.261 e. The molecule has 2 aromatic carbocycles. The van der Waals surface area contributed by atoms with Crippen LogP contribution in [0.15, 0.2) is 47.5 Å². The van der Waals surface area contributed by atoms with Crippen molar-refractivity contribution in [2.24, 2.45) is 0 Å². The third kappa shape index (κ3) is 5.17. The minimum absolute atomic E-state index is 0.0101. The fourth-order valence-electron chi connectivity index (χ4n) is 4.42. The van der Waals surface area contributed by atoms with Gasteiger partial charge >= 0.3 is 0 Å². The van der Waals surface area contributed by atoms with Gasteiger partial charge in [-0.15, -0.1) is 0 Å². The molecule has 0 saturated carbocycles. The molecule has 1 aliphatic heterocycles. The lowest BCUT2D eigenvalue weighted by atomic mass is 10.1. The van der Waals surface area contributed by atoms with Crippen molar-refractivity contribution in [1.82, 2.24) is 19.4 Å². The predicted molar refractivity (Wildman–Crippen MR) is 133 cm³/mol. The maximum absolute atomic E-state index is 12.7. The lowest BCUT2D eigenvalue weighted by Gasteiger charge is -2.34. The van der Waals surface area contributed by atoms with Crippen molar-refractivity contribution in [3.05, 3.63) is 69.8 Å². The highest BCUT2D eigenvalue weighted by Gasteiger charge is 2.23. The van der Waals surface area contributed by atoms with Crippen molar-refractivity contribution in [3.63, 3.8) is 0 Å². The van der Waals surface area contributed by atoms with Gasteiger partial charge in [-0.05, 0) is 43.5 Å². The van der Waals surface area contributed by atoms with Crippen molar-refractivity contribution in [1.29, 1.82) is 0 Å². The summed E-state index contributed by atoms with van der Waals surface area (Å²) in [4.78, 5) is 46.3. The number of para-hydroxylation sites is 2. The van der Waals surface area contributed by atoms with Gasteiger partial charge < -0.3 is 10.2 Å². The molecule has 8 heteroatoms. The third-order valence-corrected chi connectivity index (χ3v) is 6.46. The Morgan fingerprint density at radius 1 is 0.941 bits per heavy atom. The molecule has 0 aliphatic carbocycles. The Morgan fingerprint density at radius 2 is 1.59 bits per heavy atom. The molecule has 1 aromatic heterocycles. The number of aryl methyl sites for hydroxylation is 4. The molecule has 4 rings (SSSR count). The summed E-state index contributed by atoms with van der Waals surface area (Å²) >= 11 is 0. The van der Waals surface area contributed by atoms with Crippen molar-refractivity contribution < 1.29 is 9.59 Å². The monoisotopic (exact) mass is 461 g/mol. The minimum Gasteiger partial charge on any atom is -0.340 e. The van der Waals surface area contributed by atoms with Crippen LogP contribution in [-0.2, 0) is 16.1 Å². The quantitative estimate of drug-likeness (QED) is 0.610. The zero-order chi connectivity index (χ0) is 24.2. The number of carbonyl (C=O) groups is 2. The first-order chi connectivity index (χ1) is 16.3. The number of nitrogens with zero attached hydrogens (tertiary/aromatic N) is 4. The van der Waals surface area contributed by atoms with Crippen LogP contribution < -0.4 is 10.9 Å². The van der Waals surface area contributed by atoms with E-state index < -0.39 is 0 Å². The van der Waals surface area contributed by atoms with Gasteiger partial charge in [0.25, 0.3) is 5.56 Å². The summed E-state index contributed by atoms with van der Waals surface area (Å²) in [5.41, 5.74) is 4.49. The van der Waals surface area contributed by atoms with Gasteiger partial charge in [0.05, 0.1) is 23.8 Å². The number of aromatic nitrogens is 2. The lowest BCUT2D eigenvalue weighted by Crippen LogP contribution is -2.50. The molecule has 34 heavy (non-hydrogen) atoms. The Labute approximate surface area is 199 Å². The van der Waals surface area contributed by atoms with E-state index in [2.05, 4.69) is 15.2 Å². The summed E-state index contributed by atoms with van der Waals surface area (Å²) in [6.07, 6.45) is 1.77. The summed E-state index contributed by atoms with van der Waals surface area (Å²) in [5, 5.41) is 3.59. The van der Waals surface area contributed by atoms with Gasteiger partial charge in [-0.2, -0.15) is 0 Å². The molecule has 1 aliphatic rings. The van der Waals surface area contributed by atoms with Crippen LogP contribution in [0.5, 0.6) is 0 Å². The largest absolute Gasteiger partial charge is 0.340 e. The van der Waals surface area contributed by atoms with Crippen LogP contribution in [-0.4, -0.2) is 63.9 Å². The van der Waals surface area contributed by atoms with E-state index in [-0.39, 0.29) is 23.8 Å². The Bertz CT molecular complexity index is 1250. The summed E-state index contributed by atoms with van der Waals surface area (Å²) in [6.45, 7) is 8.91. The van der Waals surface area contributed by atoms with Crippen LogP contribution in [0.3, 0.4) is 0 Å². The molecule has 1 saturated heterocycles. The standard InChI is InChI=1S/C26H31N5O3/c1-18-6-4-7-19(2)24(18)28-22(32)16-29-12-14-30(15-13-29)23(33)10-11-31-17-27-25-20(3)8-5-9-21(25)26(31)34/h4-9,17H,10-16H2,1-3H3,(H,28,32). The van der Waals surface area contributed by atoms with E-state index in [1.165, 1.54) is 10.9 Å². The lowest BCUT2D eigenvalue weighted by molar-refractivity contribution is -0.133. The van der Waals surface area contributed by atoms with Gasteiger partial charge in [0.15, 0.2) is 0 Å². The molecule has 0 radical (unpaired) electrons. The van der Waals surface area contributed by atoms with E-state index in [0.717, 1.165) is 22.4 Å². The summed E-state index contributed by atoms with van der Waals surface area (Å²) in [5.74, 6) is -0.0357. The van der Waals surface area contributed by atoms with Gasteiger partial charge in [0, 0.05) is 44.8 Å². The van der Waals surface area contributed by atoms with Crippen molar-refractivity contribution >= 4 is 28.4 Å². The number of rotatable bonds is 6. The molecule has 0 unspecified atom stereocenters. The first-order valence-electron chi connectivity index (χ1n) is 11.6. The van der Waals surface area contributed by atoms with Gasteiger partial charge in [-0.25, -0.2) is 4.98 Å². The Morgan fingerprint density at radius 3 is 2.29 bits per heavy atom. The second kappa shape index (κ2) is 10.2. The molecule has 8 nitrogen and oxygen atoms in total. The molecule has 0 spiro atoms. The molecule has 3 aromatic rings. The Balaban J connectivity index is 1.27. The fourth-order valence-corrected chi connectivity index (χ4v) is 4.42. The van der Waals surface area contributed by atoms with E-state index in [0.29, 0.717) is 50.2 Å². The van der Waals surface area contributed by atoms with Crippen molar-refractivity contribution in [2.45, 2.75) is 33.7 Å². The number of fused-ring (bicyclic) bond motifs is 1. The maximum atomic E-state index is 12.7. The number of anilines is 1. The molecule has 178 valence electrons. The first-order valence-corrected chi connectivity index (χ1v) is 11.6. The summed E-state index contributed by atoms with van der Waals surface area (Å²) in [6, 6.07) is 11.5. The van der Waals surface area contributed by atoms with Gasteiger partial charge in [0.1, 0.15) is 0 Å². The first kappa shape index (κ1) is 23.6. The average molecular weight is 462 g/mol. The Hall–Kier alpha value is -3.52. The summed E-state index contributed by atoms with van der Waals surface area (Å²) < 4.78 is 1.51. The number of benzene rings is 2. The number of carbonyl (C=O) groups excluding carboxylic acids is 2. The molecule has 0 bridgehead atoms. The van der Waals surface area contributed by atoms with Gasteiger partial charge in [0.2, 0.25) is 11.8 Å². The number of hydrogen-bond donors (Lipinski definition) is 1. The van der Waals surface area contributed by atoms with Crippen LogP contribution in [0.4, 0.5) is 5.69 Å². The zero-order valence-electron chi connectivity index (χ0n) is 20.0. The van der Waals surface area contributed by atoms with Crippen LogP contribution in [0.1, 0.15) is 23.1 Å². The highest BCUT2D eigenvalue weighted by atomic mass is 16.2. The topological polar surface area (TPSA) is 87.5 Å². The number of nitrogens with one attached hydrogen (secondary N) is 1. The predicted octanol–water partition coefficient (Wildman–Crippen LogP) is 2.49.